The SMILES string of the molecule is c1ccc(-c2ccc(-c3ccccc3)c(-c3ccccc3-c3ccccc3N(c3ccc(-n4c5ccccc5c5ccccc54)cc3)c3cccc4c3oc3ccccc34)c2)cc1. The standard InChI is InChI=1S/C60H40N2O/c1-3-18-41(19-4-1)43-34-39-46(42-20-5-2-6-21-42)54(40-43)48-23-8-7-22-47(48)49-24-9-13-29-55(49)62(58-32-17-28-53-52-27-12-16-33-59(52)63-60(53)58)45-37-35-44(36-38-45)61-56-30-14-10-25-50(56)51-26-11-15-31-57(51)61/h1-40H. The van der Waals surface area contributed by atoms with Gasteiger partial charge in [0.05, 0.1) is 22.4 Å². The number of hydrogen-bond acceptors (Lipinski definition) is 2. The number of aromatic nitrogens is 1. The molecule has 0 radical (unpaired) electrons. The van der Waals surface area contributed by atoms with E-state index in [9.17, 15) is 0 Å². The highest BCUT2D eigenvalue weighted by atomic mass is 16.3. The second kappa shape index (κ2) is 15.3. The van der Waals surface area contributed by atoms with Crippen LogP contribution in [0.15, 0.2) is 247 Å². The fourth-order valence-corrected chi connectivity index (χ4v) is 9.56. The van der Waals surface area contributed by atoms with Crippen molar-refractivity contribution in [2.45, 2.75) is 0 Å². The Labute approximate surface area is 366 Å². The van der Waals surface area contributed by atoms with Crippen molar-refractivity contribution in [3.05, 3.63) is 243 Å². The second-order valence-corrected chi connectivity index (χ2v) is 16.0. The Hall–Kier alpha value is -8.40. The van der Waals surface area contributed by atoms with Gasteiger partial charge in [0.1, 0.15) is 5.58 Å². The summed E-state index contributed by atoms with van der Waals surface area (Å²) >= 11 is 0. The van der Waals surface area contributed by atoms with Gasteiger partial charge in [-0.1, -0.05) is 182 Å². The average molecular weight is 805 g/mol. The summed E-state index contributed by atoms with van der Waals surface area (Å²) in [4.78, 5) is 2.38. The first kappa shape index (κ1) is 36.5. The van der Waals surface area contributed by atoms with E-state index in [-0.39, 0.29) is 0 Å². The van der Waals surface area contributed by atoms with Gasteiger partial charge in [-0.3, -0.25) is 0 Å². The Balaban J connectivity index is 1.08. The highest BCUT2D eigenvalue weighted by Gasteiger charge is 2.24. The minimum absolute atomic E-state index is 0.843. The summed E-state index contributed by atoms with van der Waals surface area (Å²) in [6, 6.07) is 87.1. The molecule has 296 valence electrons. The van der Waals surface area contributed by atoms with Crippen molar-refractivity contribution < 1.29 is 4.42 Å². The molecular formula is C60H40N2O. The molecule has 3 heteroatoms. The van der Waals surface area contributed by atoms with Crippen LogP contribution in [0, 0.1) is 0 Å². The van der Waals surface area contributed by atoms with Gasteiger partial charge in [-0.25, -0.2) is 0 Å². The van der Waals surface area contributed by atoms with Crippen molar-refractivity contribution in [1.29, 1.82) is 0 Å². The van der Waals surface area contributed by atoms with Gasteiger partial charge in [-0.05, 0) is 99.6 Å². The molecule has 0 spiro atoms. The fourth-order valence-electron chi connectivity index (χ4n) is 9.56. The number of hydrogen-bond donors (Lipinski definition) is 0. The van der Waals surface area contributed by atoms with Gasteiger partial charge < -0.3 is 13.9 Å². The first-order valence-electron chi connectivity index (χ1n) is 21.5. The zero-order valence-electron chi connectivity index (χ0n) is 34.4. The molecule has 0 aliphatic heterocycles. The van der Waals surface area contributed by atoms with E-state index in [0.29, 0.717) is 0 Å². The summed E-state index contributed by atoms with van der Waals surface area (Å²) in [5.74, 6) is 0. The molecule has 10 aromatic carbocycles. The van der Waals surface area contributed by atoms with Gasteiger partial charge in [-0.15, -0.1) is 0 Å². The molecule has 0 aliphatic rings. The molecule has 0 amide bonds. The van der Waals surface area contributed by atoms with Gasteiger partial charge in [0.25, 0.3) is 0 Å². The monoisotopic (exact) mass is 804 g/mol. The number of rotatable bonds is 8. The van der Waals surface area contributed by atoms with E-state index in [1.54, 1.807) is 0 Å². The first-order chi connectivity index (χ1) is 31.3. The lowest BCUT2D eigenvalue weighted by atomic mass is 9.87. The van der Waals surface area contributed by atoms with Crippen molar-refractivity contribution in [3.63, 3.8) is 0 Å². The normalized spacial score (nSPS) is 11.5. The van der Waals surface area contributed by atoms with Crippen molar-refractivity contribution in [2.24, 2.45) is 0 Å². The van der Waals surface area contributed by atoms with E-state index in [2.05, 4.69) is 246 Å². The van der Waals surface area contributed by atoms with Gasteiger partial charge in [0.15, 0.2) is 5.58 Å². The Morgan fingerprint density at radius 2 is 0.857 bits per heavy atom. The lowest BCUT2D eigenvalue weighted by Crippen LogP contribution is -2.12. The molecule has 63 heavy (non-hydrogen) atoms. The molecule has 0 atom stereocenters. The third-order valence-corrected chi connectivity index (χ3v) is 12.4. The Bertz CT molecular complexity index is 3570. The average Bonchev–Trinajstić information content (AvgIpc) is 3.91. The van der Waals surface area contributed by atoms with Gasteiger partial charge >= 0.3 is 0 Å². The maximum atomic E-state index is 6.80. The topological polar surface area (TPSA) is 21.3 Å². The maximum absolute atomic E-state index is 6.80. The molecule has 0 bridgehead atoms. The number of benzene rings is 10. The molecule has 0 N–H and O–H groups in total. The molecule has 3 nitrogen and oxygen atoms in total. The summed E-state index contributed by atoms with van der Waals surface area (Å²) in [7, 11) is 0. The zero-order valence-corrected chi connectivity index (χ0v) is 34.4. The van der Waals surface area contributed by atoms with Crippen LogP contribution in [0.2, 0.25) is 0 Å². The molecular weight excluding hydrogens is 765 g/mol. The molecule has 0 fully saturated rings. The van der Waals surface area contributed by atoms with E-state index in [4.69, 9.17) is 4.42 Å². The molecule has 0 saturated heterocycles. The van der Waals surface area contributed by atoms with Crippen molar-refractivity contribution in [1.82, 2.24) is 4.57 Å². The van der Waals surface area contributed by atoms with E-state index in [1.165, 1.54) is 49.6 Å². The van der Waals surface area contributed by atoms with Crippen LogP contribution in [0.4, 0.5) is 17.1 Å². The van der Waals surface area contributed by atoms with Crippen LogP contribution < -0.4 is 4.90 Å². The Morgan fingerprint density at radius 3 is 1.57 bits per heavy atom. The smallest absolute Gasteiger partial charge is 0.159 e. The summed E-state index contributed by atoms with van der Waals surface area (Å²) in [5, 5.41) is 4.67. The van der Waals surface area contributed by atoms with Crippen LogP contribution in [0.3, 0.4) is 0 Å². The Morgan fingerprint density at radius 1 is 0.317 bits per heavy atom. The summed E-state index contributed by atoms with van der Waals surface area (Å²) in [6.45, 7) is 0. The molecule has 12 aromatic rings. The lowest BCUT2D eigenvalue weighted by Gasteiger charge is -2.29. The quantitative estimate of drug-likeness (QED) is 0.153. The van der Waals surface area contributed by atoms with E-state index < -0.39 is 0 Å². The first-order valence-corrected chi connectivity index (χ1v) is 21.5. The van der Waals surface area contributed by atoms with E-state index in [0.717, 1.165) is 61.4 Å². The number of para-hydroxylation sites is 5. The Kier molecular flexibility index (Phi) is 8.83. The number of nitrogens with zero attached hydrogens (tertiary/aromatic N) is 2. The highest BCUT2D eigenvalue weighted by Crippen LogP contribution is 2.48. The summed E-state index contributed by atoms with van der Waals surface area (Å²) in [5.41, 5.74) is 17.5. The number of furan rings is 1. The van der Waals surface area contributed by atoms with Crippen molar-refractivity contribution in [3.8, 4) is 50.2 Å². The predicted molar refractivity (Wildman–Crippen MR) is 264 cm³/mol. The van der Waals surface area contributed by atoms with Crippen LogP contribution >= 0.6 is 0 Å². The molecule has 2 aromatic heterocycles. The molecule has 12 rings (SSSR count). The molecule has 2 heterocycles. The van der Waals surface area contributed by atoms with Crippen LogP contribution in [-0.2, 0) is 0 Å². The van der Waals surface area contributed by atoms with Crippen LogP contribution in [-0.4, -0.2) is 4.57 Å². The minimum atomic E-state index is 0.843. The third-order valence-electron chi connectivity index (χ3n) is 12.4. The van der Waals surface area contributed by atoms with Crippen LogP contribution in [0.5, 0.6) is 0 Å². The number of fused-ring (bicyclic) bond motifs is 6. The maximum Gasteiger partial charge on any atom is 0.159 e. The largest absolute Gasteiger partial charge is 0.454 e. The summed E-state index contributed by atoms with van der Waals surface area (Å²) in [6.07, 6.45) is 0. The minimum Gasteiger partial charge on any atom is -0.454 e. The molecule has 0 saturated carbocycles. The fraction of sp³-hybridized carbons (Fsp3) is 0. The van der Waals surface area contributed by atoms with Gasteiger partial charge in [0.2, 0.25) is 0 Å². The predicted octanol–water partition coefficient (Wildman–Crippen LogP) is 16.8. The van der Waals surface area contributed by atoms with Gasteiger partial charge in [-0.2, -0.15) is 0 Å². The van der Waals surface area contributed by atoms with Crippen LogP contribution in [0.25, 0.3) is 93.9 Å². The van der Waals surface area contributed by atoms with Crippen LogP contribution in [0.1, 0.15) is 0 Å². The summed E-state index contributed by atoms with van der Waals surface area (Å²) < 4.78 is 9.17. The third kappa shape index (κ3) is 6.21. The van der Waals surface area contributed by atoms with E-state index in [1.807, 2.05) is 6.07 Å². The second-order valence-electron chi connectivity index (χ2n) is 16.0. The van der Waals surface area contributed by atoms with Crippen molar-refractivity contribution >= 4 is 60.8 Å². The van der Waals surface area contributed by atoms with Gasteiger partial charge in [0, 0.05) is 38.5 Å². The highest BCUT2D eigenvalue weighted by molar-refractivity contribution is 6.12. The van der Waals surface area contributed by atoms with Crippen molar-refractivity contribution in [2.75, 3.05) is 4.90 Å². The lowest BCUT2D eigenvalue weighted by molar-refractivity contribution is 0.669. The number of anilines is 3. The van der Waals surface area contributed by atoms with E-state index >= 15 is 0 Å². The molecule has 0 unspecified atom stereocenters. The molecule has 0 aliphatic carbocycles. The zero-order chi connectivity index (χ0) is 41.7.